The Labute approximate surface area is 99.4 Å². The first-order chi connectivity index (χ1) is 7.65. The van der Waals surface area contributed by atoms with Crippen molar-refractivity contribution in [3.8, 4) is 5.75 Å². The van der Waals surface area contributed by atoms with E-state index in [2.05, 4.69) is 11.6 Å². The van der Waals surface area contributed by atoms with Gasteiger partial charge in [-0.15, -0.1) is 0 Å². The van der Waals surface area contributed by atoms with Gasteiger partial charge in [0, 0.05) is 0 Å². The second-order valence-corrected chi connectivity index (χ2v) is 3.76. The molecule has 0 unspecified atom stereocenters. The summed E-state index contributed by atoms with van der Waals surface area (Å²) in [4.78, 5) is 13.5. The van der Waals surface area contributed by atoms with Crippen molar-refractivity contribution in [1.82, 2.24) is 0 Å². The first-order valence-corrected chi connectivity index (χ1v) is 5.11. The molecule has 0 saturated carbocycles. The lowest BCUT2D eigenvalue weighted by Gasteiger charge is -2.09. The molecular formula is C12H12ClNO2. The van der Waals surface area contributed by atoms with E-state index >= 15 is 0 Å². The van der Waals surface area contributed by atoms with Gasteiger partial charge in [0.05, 0.1) is 11.6 Å². The normalized spacial score (nSPS) is 9.38. The molecule has 3 nitrogen and oxygen atoms in total. The van der Waals surface area contributed by atoms with Gasteiger partial charge in [-0.25, -0.2) is 9.79 Å². The number of nitrogens with zero attached hydrogens (tertiary/aromatic N) is 1. The van der Waals surface area contributed by atoms with Crippen LogP contribution < -0.4 is 4.74 Å². The van der Waals surface area contributed by atoms with Crippen molar-refractivity contribution in [1.29, 1.82) is 0 Å². The summed E-state index contributed by atoms with van der Waals surface area (Å²) in [6.07, 6.45) is 1.47. The van der Waals surface area contributed by atoms with Gasteiger partial charge in [0.1, 0.15) is 12.4 Å². The lowest BCUT2D eigenvalue weighted by atomic mass is 10.2. The summed E-state index contributed by atoms with van der Waals surface area (Å²) in [7, 11) is 0. The second kappa shape index (κ2) is 6.11. The monoisotopic (exact) mass is 237 g/mol. The molecule has 0 atom stereocenters. The Morgan fingerprint density at radius 3 is 3.00 bits per heavy atom. The number of carbonyl (C=O) groups excluding carboxylic acids is 1. The van der Waals surface area contributed by atoms with E-state index in [-0.39, 0.29) is 6.54 Å². The molecule has 0 aliphatic rings. The molecule has 0 aromatic heterocycles. The summed E-state index contributed by atoms with van der Waals surface area (Å²) < 4.78 is 5.45. The highest BCUT2D eigenvalue weighted by Crippen LogP contribution is 2.28. The van der Waals surface area contributed by atoms with Gasteiger partial charge in [0.15, 0.2) is 0 Å². The van der Waals surface area contributed by atoms with Gasteiger partial charge in [-0.3, -0.25) is 0 Å². The maximum Gasteiger partial charge on any atom is 0.235 e. The van der Waals surface area contributed by atoms with Gasteiger partial charge >= 0.3 is 0 Å². The maximum absolute atomic E-state index is 10.0. The number of hydrogen-bond acceptors (Lipinski definition) is 3. The Hall–Kier alpha value is -1.57. The molecule has 0 radical (unpaired) electrons. The van der Waals surface area contributed by atoms with Crippen LogP contribution in [0.2, 0.25) is 5.02 Å². The van der Waals surface area contributed by atoms with Crippen LogP contribution in [0.3, 0.4) is 0 Å². The van der Waals surface area contributed by atoms with Crippen LogP contribution in [0.25, 0.3) is 0 Å². The van der Waals surface area contributed by atoms with Crippen LogP contribution in [0.15, 0.2) is 35.3 Å². The van der Waals surface area contributed by atoms with Gasteiger partial charge in [-0.05, 0) is 24.1 Å². The number of aliphatic imine (C=N–C) groups is 1. The molecule has 0 N–H and O–H groups in total. The van der Waals surface area contributed by atoms with Gasteiger partial charge < -0.3 is 4.74 Å². The smallest absolute Gasteiger partial charge is 0.235 e. The van der Waals surface area contributed by atoms with Gasteiger partial charge in [0.25, 0.3) is 0 Å². The number of rotatable bonds is 5. The number of ether oxygens (including phenoxy) is 1. The quantitative estimate of drug-likeness (QED) is 0.448. The molecule has 0 saturated heterocycles. The van der Waals surface area contributed by atoms with E-state index in [4.69, 9.17) is 16.3 Å². The SMILES string of the molecule is C=C(C)COc1cccc(CN=C=O)c1Cl. The molecule has 0 spiro atoms. The number of benzene rings is 1. The third-order valence-corrected chi connectivity index (χ3v) is 2.26. The average Bonchev–Trinajstić information content (AvgIpc) is 2.26. The zero-order valence-electron chi connectivity index (χ0n) is 9.00. The zero-order valence-corrected chi connectivity index (χ0v) is 9.75. The van der Waals surface area contributed by atoms with E-state index in [9.17, 15) is 4.79 Å². The van der Waals surface area contributed by atoms with E-state index in [0.717, 1.165) is 11.1 Å². The fourth-order valence-electron chi connectivity index (χ4n) is 1.11. The van der Waals surface area contributed by atoms with Crippen molar-refractivity contribution in [2.75, 3.05) is 6.61 Å². The average molecular weight is 238 g/mol. The topological polar surface area (TPSA) is 38.7 Å². The molecule has 1 rings (SSSR count). The Kier molecular flexibility index (Phi) is 4.77. The van der Waals surface area contributed by atoms with Gasteiger partial charge in [-0.1, -0.05) is 30.3 Å². The molecule has 4 heteroatoms. The summed E-state index contributed by atoms with van der Waals surface area (Å²) in [6, 6.07) is 5.35. The van der Waals surface area contributed by atoms with E-state index in [1.807, 2.05) is 6.92 Å². The maximum atomic E-state index is 10.0. The van der Waals surface area contributed by atoms with E-state index < -0.39 is 0 Å². The third kappa shape index (κ3) is 3.54. The van der Waals surface area contributed by atoms with Crippen molar-refractivity contribution in [2.45, 2.75) is 13.5 Å². The fourth-order valence-corrected chi connectivity index (χ4v) is 1.35. The molecule has 0 fully saturated rings. The highest BCUT2D eigenvalue weighted by Gasteiger charge is 2.06. The fraction of sp³-hybridized carbons (Fsp3) is 0.250. The summed E-state index contributed by atoms with van der Waals surface area (Å²) in [5, 5.41) is 0.475. The minimum absolute atomic E-state index is 0.215. The van der Waals surface area contributed by atoms with Crippen LogP contribution in [-0.2, 0) is 11.3 Å². The van der Waals surface area contributed by atoms with E-state index in [0.29, 0.717) is 17.4 Å². The molecule has 84 valence electrons. The van der Waals surface area contributed by atoms with Crippen LogP contribution in [0.4, 0.5) is 0 Å². The second-order valence-electron chi connectivity index (χ2n) is 3.38. The molecule has 16 heavy (non-hydrogen) atoms. The van der Waals surface area contributed by atoms with Crippen LogP contribution >= 0.6 is 11.6 Å². The lowest BCUT2D eigenvalue weighted by molar-refractivity contribution is 0.352. The highest BCUT2D eigenvalue weighted by molar-refractivity contribution is 6.32. The first kappa shape index (κ1) is 12.5. The number of isocyanates is 1. The predicted molar refractivity (Wildman–Crippen MR) is 63.6 cm³/mol. The highest BCUT2D eigenvalue weighted by atomic mass is 35.5. The summed E-state index contributed by atoms with van der Waals surface area (Å²) in [5.41, 5.74) is 1.65. The molecular weight excluding hydrogens is 226 g/mol. The van der Waals surface area contributed by atoms with Crippen molar-refractivity contribution in [3.63, 3.8) is 0 Å². The molecule has 0 heterocycles. The predicted octanol–water partition coefficient (Wildman–Crippen LogP) is 3.13. The van der Waals surface area contributed by atoms with Crippen LogP contribution in [0.1, 0.15) is 12.5 Å². The standard InChI is InChI=1S/C12H12ClNO2/c1-9(2)7-16-11-5-3-4-10(12(11)13)6-14-8-15/h3-5H,1,6-7H2,2H3. The Bertz CT molecular complexity index is 437. The lowest BCUT2D eigenvalue weighted by Crippen LogP contribution is -1.99. The zero-order chi connectivity index (χ0) is 12.0. The molecule has 0 bridgehead atoms. The molecule has 0 amide bonds. The summed E-state index contributed by atoms with van der Waals surface area (Å²) in [5.74, 6) is 0.572. The Morgan fingerprint density at radius 1 is 1.62 bits per heavy atom. The largest absolute Gasteiger partial charge is 0.488 e. The summed E-state index contributed by atoms with van der Waals surface area (Å²) in [6.45, 7) is 6.24. The summed E-state index contributed by atoms with van der Waals surface area (Å²) >= 11 is 6.08. The van der Waals surface area contributed by atoms with Crippen LogP contribution in [-0.4, -0.2) is 12.7 Å². The number of halogens is 1. The minimum atomic E-state index is 0.215. The van der Waals surface area contributed by atoms with Crippen LogP contribution in [0, 0.1) is 0 Å². The first-order valence-electron chi connectivity index (χ1n) is 4.73. The van der Waals surface area contributed by atoms with Gasteiger partial charge in [0.2, 0.25) is 6.08 Å². The Balaban J connectivity index is 2.85. The number of hydrogen-bond donors (Lipinski definition) is 0. The molecule has 0 aliphatic carbocycles. The third-order valence-electron chi connectivity index (χ3n) is 1.83. The van der Waals surface area contributed by atoms with E-state index in [1.165, 1.54) is 6.08 Å². The van der Waals surface area contributed by atoms with Crippen molar-refractivity contribution in [2.24, 2.45) is 4.99 Å². The van der Waals surface area contributed by atoms with Gasteiger partial charge in [-0.2, -0.15) is 0 Å². The van der Waals surface area contributed by atoms with E-state index in [1.54, 1.807) is 18.2 Å². The molecule has 1 aromatic carbocycles. The van der Waals surface area contributed by atoms with Crippen molar-refractivity contribution >= 4 is 17.7 Å². The van der Waals surface area contributed by atoms with Crippen molar-refractivity contribution < 1.29 is 9.53 Å². The minimum Gasteiger partial charge on any atom is -0.488 e. The van der Waals surface area contributed by atoms with Crippen LogP contribution in [0.5, 0.6) is 5.75 Å². The molecule has 1 aromatic rings. The van der Waals surface area contributed by atoms with Crippen molar-refractivity contribution in [3.05, 3.63) is 40.9 Å². The Morgan fingerprint density at radius 2 is 2.38 bits per heavy atom. The molecule has 0 aliphatic heterocycles.